The number of anilines is 1. The van der Waals surface area contributed by atoms with Gasteiger partial charge in [0, 0.05) is 16.6 Å². The van der Waals surface area contributed by atoms with Crippen molar-refractivity contribution in [3.05, 3.63) is 58.9 Å². The fourth-order valence-corrected chi connectivity index (χ4v) is 4.44. The van der Waals surface area contributed by atoms with Crippen molar-refractivity contribution in [3.8, 4) is 11.1 Å². The van der Waals surface area contributed by atoms with Gasteiger partial charge >= 0.3 is 0 Å². The van der Waals surface area contributed by atoms with Crippen LogP contribution in [-0.4, -0.2) is 27.0 Å². The van der Waals surface area contributed by atoms with Crippen LogP contribution in [0.15, 0.2) is 47.1 Å². The standard InChI is InChI=1S/C20H20N4O2S2/c1-11-4-6-14(7-5-11)15-9-27-20(17(15)18(21)25)24-19(26)13(3)28-16-8-12(2)22-10-23-16/h4-10,13H,1-3H3,(H2,21,25)(H,24,26). The Morgan fingerprint density at radius 3 is 2.54 bits per heavy atom. The lowest BCUT2D eigenvalue weighted by atomic mass is 10.0. The predicted molar refractivity (Wildman–Crippen MR) is 114 cm³/mol. The third kappa shape index (κ3) is 4.58. The number of aromatic nitrogens is 2. The molecule has 0 aliphatic rings. The van der Waals surface area contributed by atoms with E-state index in [4.69, 9.17) is 5.73 Å². The molecule has 0 saturated heterocycles. The number of nitrogens with zero attached hydrogens (tertiary/aromatic N) is 2. The van der Waals surface area contributed by atoms with E-state index in [2.05, 4.69) is 15.3 Å². The summed E-state index contributed by atoms with van der Waals surface area (Å²) in [5.41, 5.74) is 9.51. The lowest BCUT2D eigenvalue weighted by Gasteiger charge is -2.12. The van der Waals surface area contributed by atoms with Crippen LogP contribution < -0.4 is 11.1 Å². The van der Waals surface area contributed by atoms with Gasteiger partial charge in [0.15, 0.2) is 0 Å². The minimum Gasteiger partial charge on any atom is -0.365 e. The maximum absolute atomic E-state index is 12.6. The van der Waals surface area contributed by atoms with Gasteiger partial charge in [0.05, 0.1) is 10.8 Å². The minimum atomic E-state index is -0.571. The summed E-state index contributed by atoms with van der Waals surface area (Å²) in [6, 6.07) is 9.64. The first kappa shape index (κ1) is 20.0. The molecule has 3 aromatic rings. The maximum Gasteiger partial charge on any atom is 0.252 e. The molecule has 8 heteroatoms. The summed E-state index contributed by atoms with van der Waals surface area (Å²) >= 11 is 2.62. The minimum absolute atomic E-state index is 0.221. The Bertz CT molecular complexity index is 1020. The van der Waals surface area contributed by atoms with Crippen LogP contribution in [0.3, 0.4) is 0 Å². The molecule has 3 N–H and O–H groups in total. The second kappa shape index (κ2) is 8.53. The fourth-order valence-electron chi connectivity index (χ4n) is 2.58. The molecule has 6 nitrogen and oxygen atoms in total. The number of rotatable bonds is 6. The number of carbonyl (C=O) groups excluding carboxylic acids is 2. The highest BCUT2D eigenvalue weighted by Crippen LogP contribution is 2.36. The zero-order valence-corrected chi connectivity index (χ0v) is 17.4. The highest BCUT2D eigenvalue weighted by atomic mass is 32.2. The van der Waals surface area contributed by atoms with E-state index in [-0.39, 0.29) is 5.91 Å². The van der Waals surface area contributed by atoms with Crippen LogP contribution in [0.5, 0.6) is 0 Å². The highest BCUT2D eigenvalue weighted by Gasteiger charge is 2.22. The van der Waals surface area contributed by atoms with Crippen molar-refractivity contribution < 1.29 is 9.59 Å². The quantitative estimate of drug-likeness (QED) is 0.470. The van der Waals surface area contributed by atoms with Gasteiger partial charge in [-0.15, -0.1) is 11.3 Å². The topological polar surface area (TPSA) is 98.0 Å². The average Bonchev–Trinajstić information content (AvgIpc) is 3.06. The Kier molecular flexibility index (Phi) is 6.11. The Balaban J connectivity index is 1.80. The number of primary amides is 1. The summed E-state index contributed by atoms with van der Waals surface area (Å²) in [7, 11) is 0. The summed E-state index contributed by atoms with van der Waals surface area (Å²) < 4.78 is 0. The second-order valence-corrected chi connectivity index (χ2v) is 8.57. The van der Waals surface area contributed by atoms with E-state index in [0.717, 1.165) is 27.4 Å². The van der Waals surface area contributed by atoms with Crippen LogP contribution in [0.2, 0.25) is 0 Å². The van der Waals surface area contributed by atoms with Crippen molar-refractivity contribution in [2.24, 2.45) is 5.73 Å². The van der Waals surface area contributed by atoms with Crippen LogP contribution >= 0.6 is 23.1 Å². The Labute approximate surface area is 171 Å². The molecule has 0 fully saturated rings. The number of thiophene rings is 1. The molecule has 0 bridgehead atoms. The summed E-state index contributed by atoms with van der Waals surface area (Å²) in [5.74, 6) is -0.792. The zero-order chi connectivity index (χ0) is 20.3. The molecule has 1 atom stereocenters. The third-order valence-corrected chi connectivity index (χ3v) is 6.01. The van der Waals surface area contributed by atoms with Gasteiger partial charge in [0.2, 0.25) is 5.91 Å². The van der Waals surface area contributed by atoms with E-state index in [9.17, 15) is 9.59 Å². The van der Waals surface area contributed by atoms with Crippen molar-refractivity contribution in [1.82, 2.24) is 9.97 Å². The molecule has 144 valence electrons. The van der Waals surface area contributed by atoms with Gasteiger partial charge in [-0.1, -0.05) is 41.6 Å². The third-order valence-electron chi connectivity index (χ3n) is 4.08. The molecule has 3 rings (SSSR count). The SMILES string of the molecule is Cc1ccc(-c2csc(NC(=O)C(C)Sc3cc(C)ncn3)c2C(N)=O)cc1. The van der Waals surface area contributed by atoms with Crippen molar-refractivity contribution in [3.63, 3.8) is 0 Å². The van der Waals surface area contributed by atoms with E-state index in [1.165, 1.54) is 29.4 Å². The normalized spacial score (nSPS) is 11.8. The smallest absolute Gasteiger partial charge is 0.252 e. The zero-order valence-electron chi connectivity index (χ0n) is 15.7. The molecule has 0 aliphatic heterocycles. The summed E-state index contributed by atoms with van der Waals surface area (Å²) in [6.07, 6.45) is 1.47. The molecule has 0 saturated carbocycles. The fraction of sp³-hybridized carbons (Fsp3) is 0.200. The molecule has 0 spiro atoms. The van der Waals surface area contributed by atoms with Crippen molar-refractivity contribution >= 4 is 39.9 Å². The number of amides is 2. The Morgan fingerprint density at radius 1 is 1.18 bits per heavy atom. The molecule has 2 heterocycles. The number of hydrogen-bond donors (Lipinski definition) is 2. The van der Waals surface area contributed by atoms with Crippen LogP contribution in [0.4, 0.5) is 5.00 Å². The van der Waals surface area contributed by atoms with Gasteiger partial charge in [-0.2, -0.15) is 0 Å². The van der Waals surface area contributed by atoms with Gasteiger partial charge < -0.3 is 11.1 Å². The summed E-state index contributed by atoms with van der Waals surface area (Å²) in [4.78, 5) is 32.9. The molecular formula is C20H20N4O2S2. The number of carbonyl (C=O) groups is 2. The number of hydrogen-bond acceptors (Lipinski definition) is 6. The number of nitrogens with one attached hydrogen (secondary N) is 1. The van der Waals surface area contributed by atoms with E-state index in [1.54, 1.807) is 6.92 Å². The van der Waals surface area contributed by atoms with Crippen LogP contribution in [0, 0.1) is 13.8 Å². The number of thioether (sulfide) groups is 1. The number of nitrogens with two attached hydrogens (primary N) is 1. The summed E-state index contributed by atoms with van der Waals surface area (Å²) in [5, 5.41) is 5.46. The summed E-state index contributed by atoms with van der Waals surface area (Å²) in [6.45, 7) is 5.65. The van der Waals surface area contributed by atoms with Crippen LogP contribution in [0.25, 0.3) is 11.1 Å². The molecule has 0 radical (unpaired) electrons. The monoisotopic (exact) mass is 412 g/mol. The Hall–Kier alpha value is -2.71. The largest absolute Gasteiger partial charge is 0.365 e. The van der Waals surface area contributed by atoms with E-state index in [1.807, 2.05) is 49.6 Å². The first-order valence-electron chi connectivity index (χ1n) is 8.59. The van der Waals surface area contributed by atoms with Crippen molar-refractivity contribution in [2.45, 2.75) is 31.0 Å². The van der Waals surface area contributed by atoms with Crippen molar-refractivity contribution in [1.29, 1.82) is 0 Å². The number of benzene rings is 1. The van der Waals surface area contributed by atoms with Gasteiger partial charge in [-0.25, -0.2) is 9.97 Å². The lowest BCUT2D eigenvalue weighted by molar-refractivity contribution is -0.115. The van der Waals surface area contributed by atoms with Gasteiger partial charge in [0.1, 0.15) is 16.4 Å². The van der Waals surface area contributed by atoms with E-state index < -0.39 is 11.2 Å². The molecule has 2 aromatic heterocycles. The predicted octanol–water partition coefficient (Wildman–Crippen LogP) is 4.04. The first-order valence-corrected chi connectivity index (χ1v) is 10.4. The van der Waals surface area contributed by atoms with Crippen LogP contribution in [-0.2, 0) is 4.79 Å². The van der Waals surface area contributed by atoms with Crippen molar-refractivity contribution in [2.75, 3.05) is 5.32 Å². The molecule has 1 aromatic carbocycles. The maximum atomic E-state index is 12.6. The van der Waals surface area contributed by atoms with E-state index >= 15 is 0 Å². The van der Waals surface area contributed by atoms with Gasteiger partial charge in [-0.3, -0.25) is 9.59 Å². The molecular weight excluding hydrogens is 392 g/mol. The van der Waals surface area contributed by atoms with Gasteiger partial charge in [0.25, 0.3) is 5.91 Å². The second-order valence-electron chi connectivity index (χ2n) is 6.33. The highest BCUT2D eigenvalue weighted by molar-refractivity contribution is 8.00. The Morgan fingerprint density at radius 2 is 1.89 bits per heavy atom. The first-order chi connectivity index (χ1) is 13.3. The lowest BCUT2D eigenvalue weighted by Crippen LogP contribution is -2.24. The molecule has 2 amide bonds. The molecule has 1 unspecified atom stereocenters. The van der Waals surface area contributed by atoms with E-state index in [0.29, 0.717) is 10.6 Å². The van der Waals surface area contributed by atoms with Crippen LogP contribution in [0.1, 0.15) is 28.5 Å². The average molecular weight is 413 g/mol. The number of aryl methyl sites for hydroxylation is 2. The molecule has 28 heavy (non-hydrogen) atoms. The molecule has 0 aliphatic carbocycles. The van der Waals surface area contributed by atoms with Gasteiger partial charge in [-0.05, 0) is 32.4 Å².